The van der Waals surface area contributed by atoms with Crippen LogP contribution >= 0.6 is 0 Å². The van der Waals surface area contributed by atoms with Crippen molar-refractivity contribution in [1.29, 1.82) is 0 Å². The molecule has 2 aromatic carbocycles. The van der Waals surface area contributed by atoms with Crippen LogP contribution in [0.4, 0.5) is 11.6 Å². The summed E-state index contributed by atoms with van der Waals surface area (Å²) in [4.78, 5) is 31.4. The monoisotopic (exact) mass is 482 g/mol. The number of anilines is 2. The lowest BCUT2D eigenvalue weighted by Gasteiger charge is -2.14. The zero-order valence-corrected chi connectivity index (χ0v) is 19.8. The fourth-order valence-corrected chi connectivity index (χ4v) is 4.07. The standard InChI is InChI=1S/C26H26N8O2/c1-27-22(26(35)32-33-36)13-19-16-29-34-24(30-20-11-12-20)14-23(31-25(19)34)28-15-18-9-5-6-10-21(18)17-7-3-2-4-8-17/h2-10,14,16,20,30H,11-13,15H2,1H3,(H,28,31)(H,32,35,36). The highest BCUT2D eigenvalue weighted by Crippen LogP contribution is 2.28. The Morgan fingerprint density at radius 3 is 2.61 bits per heavy atom. The summed E-state index contributed by atoms with van der Waals surface area (Å²) < 4.78 is 1.74. The van der Waals surface area contributed by atoms with Gasteiger partial charge in [0, 0.05) is 37.7 Å². The van der Waals surface area contributed by atoms with Crippen LogP contribution in [0.5, 0.6) is 0 Å². The quantitative estimate of drug-likeness (QED) is 0.178. The lowest BCUT2D eigenvalue weighted by molar-refractivity contribution is -0.114. The molecule has 3 N–H and O–H groups in total. The van der Waals surface area contributed by atoms with Crippen LogP contribution in [0.1, 0.15) is 24.0 Å². The molecule has 10 nitrogen and oxygen atoms in total. The summed E-state index contributed by atoms with van der Waals surface area (Å²) in [6, 6.07) is 20.9. The molecular weight excluding hydrogens is 456 g/mol. The number of carbonyl (C=O) groups is 1. The van der Waals surface area contributed by atoms with Gasteiger partial charge in [0.05, 0.1) is 11.5 Å². The van der Waals surface area contributed by atoms with Gasteiger partial charge in [0.1, 0.15) is 17.3 Å². The van der Waals surface area contributed by atoms with E-state index in [9.17, 15) is 9.70 Å². The van der Waals surface area contributed by atoms with Crippen molar-refractivity contribution in [3.8, 4) is 11.1 Å². The summed E-state index contributed by atoms with van der Waals surface area (Å²) in [6.07, 6.45) is 4.05. The number of amides is 1. The molecule has 0 unspecified atom stereocenters. The first-order valence-corrected chi connectivity index (χ1v) is 11.8. The molecule has 1 aliphatic carbocycles. The van der Waals surface area contributed by atoms with E-state index in [1.807, 2.05) is 41.8 Å². The molecule has 5 rings (SSSR count). The molecule has 4 aromatic rings. The minimum atomic E-state index is -0.644. The van der Waals surface area contributed by atoms with Gasteiger partial charge in [0.2, 0.25) is 0 Å². The van der Waals surface area contributed by atoms with Gasteiger partial charge in [0.15, 0.2) is 5.65 Å². The van der Waals surface area contributed by atoms with E-state index in [1.54, 1.807) is 10.7 Å². The molecule has 182 valence electrons. The SMILES string of the molecule is CN=C(Cc1cnn2c(NC3CC3)cc(NCc3ccccc3-c3ccccc3)nc12)C(=O)NN=O. The summed E-state index contributed by atoms with van der Waals surface area (Å²) in [5, 5.41) is 13.9. The molecule has 0 spiro atoms. The molecule has 2 aromatic heterocycles. The largest absolute Gasteiger partial charge is 0.367 e. The second-order valence-corrected chi connectivity index (χ2v) is 8.61. The van der Waals surface area contributed by atoms with Crippen molar-refractivity contribution in [1.82, 2.24) is 20.0 Å². The molecule has 0 bridgehead atoms. The summed E-state index contributed by atoms with van der Waals surface area (Å²) >= 11 is 0. The van der Waals surface area contributed by atoms with E-state index in [1.165, 1.54) is 7.05 Å². The molecular formula is C26H26N8O2. The molecule has 1 aliphatic rings. The minimum Gasteiger partial charge on any atom is -0.367 e. The maximum Gasteiger partial charge on any atom is 0.288 e. The zero-order chi connectivity index (χ0) is 24.9. The van der Waals surface area contributed by atoms with E-state index in [-0.39, 0.29) is 12.1 Å². The van der Waals surface area contributed by atoms with Gasteiger partial charge in [0.25, 0.3) is 5.91 Å². The van der Waals surface area contributed by atoms with Gasteiger partial charge in [-0.05, 0) is 29.5 Å². The Hall–Kier alpha value is -4.60. The van der Waals surface area contributed by atoms with E-state index >= 15 is 0 Å². The van der Waals surface area contributed by atoms with Crippen LogP contribution in [-0.4, -0.2) is 39.3 Å². The number of aromatic nitrogens is 3. The Balaban J connectivity index is 1.45. The normalized spacial score (nSPS) is 13.4. The Labute approximate surface area is 207 Å². The Morgan fingerprint density at radius 1 is 1.08 bits per heavy atom. The number of carbonyl (C=O) groups excluding carboxylic acids is 1. The molecule has 0 atom stereocenters. The van der Waals surface area contributed by atoms with Crippen LogP contribution in [0.15, 0.2) is 77.1 Å². The van der Waals surface area contributed by atoms with Crippen molar-refractivity contribution >= 4 is 28.9 Å². The van der Waals surface area contributed by atoms with Crippen LogP contribution in [0.3, 0.4) is 0 Å². The van der Waals surface area contributed by atoms with Crippen molar-refractivity contribution in [3.05, 3.63) is 82.9 Å². The summed E-state index contributed by atoms with van der Waals surface area (Å²) in [5.74, 6) is 0.862. The number of nitroso groups, excluding NO2 is 1. The second kappa shape index (κ2) is 10.3. The summed E-state index contributed by atoms with van der Waals surface area (Å²) in [5.41, 5.74) is 6.84. The number of rotatable bonds is 10. The van der Waals surface area contributed by atoms with Crippen LogP contribution in [0, 0.1) is 4.91 Å². The number of nitrogens with one attached hydrogen (secondary N) is 3. The third-order valence-electron chi connectivity index (χ3n) is 6.07. The average molecular weight is 483 g/mol. The van der Waals surface area contributed by atoms with Crippen LogP contribution in [-0.2, 0) is 17.8 Å². The molecule has 1 amide bonds. The van der Waals surface area contributed by atoms with E-state index in [4.69, 9.17) is 4.98 Å². The molecule has 1 fully saturated rings. The average Bonchev–Trinajstić information content (AvgIpc) is 3.64. The highest BCUT2D eigenvalue weighted by Gasteiger charge is 2.24. The Bertz CT molecular complexity index is 1430. The number of hydrogen-bond acceptors (Lipinski definition) is 8. The smallest absolute Gasteiger partial charge is 0.288 e. The number of nitrogens with zero attached hydrogens (tertiary/aromatic N) is 5. The van der Waals surface area contributed by atoms with Crippen LogP contribution in [0.2, 0.25) is 0 Å². The van der Waals surface area contributed by atoms with Gasteiger partial charge in [-0.25, -0.2) is 10.4 Å². The van der Waals surface area contributed by atoms with Crippen molar-refractivity contribution < 1.29 is 4.79 Å². The number of fused-ring (bicyclic) bond motifs is 1. The third kappa shape index (κ3) is 5.07. The highest BCUT2D eigenvalue weighted by atomic mass is 16.3. The van der Waals surface area contributed by atoms with Gasteiger partial charge in [-0.3, -0.25) is 9.79 Å². The predicted molar refractivity (Wildman–Crippen MR) is 140 cm³/mol. The maximum atomic E-state index is 12.1. The summed E-state index contributed by atoms with van der Waals surface area (Å²) in [7, 11) is 1.50. The van der Waals surface area contributed by atoms with Crippen molar-refractivity contribution in [2.24, 2.45) is 10.3 Å². The van der Waals surface area contributed by atoms with Crippen molar-refractivity contribution in [3.63, 3.8) is 0 Å². The highest BCUT2D eigenvalue weighted by molar-refractivity contribution is 6.39. The predicted octanol–water partition coefficient (Wildman–Crippen LogP) is 3.99. The molecule has 36 heavy (non-hydrogen) atoms. The third-order valence-corrected chi connectivity index (χ3v) is 6.07. The molecule has 1 saturated carbocycles. The van der Waals surface area contributed by atoms with E-state index in [0.717, 1.165) is 35.3 Å². The number of aliphatic imine (C=N–C) groups is 1. The van der Waals surface area contributed by atoms with Crippen molar-refractivity contribution in [2.75, 3.05) is 17.7 Å². The Morgan fingerprint density at radius 2 is 1.86 bits per heavy atom. The van der Waals surface area contributed by atoms with Gasteiger partial charge in [-0.2, -0.15) is 9.61 Å². The van der Waals surface area contributed by atoms with Gasteiger partial charge < -0.3 is 10.6 Å². The maximum absolute atomic E-state index is 12.1. The van der Waals surface area contributed by atoms with E-state index in [2.05, 4.69) is 50.3 Å². The first kappa shape index (κ1) is 23.2. The summed E-state index contributed by atoms with van der Waals surface area (Å²) in [6.45, 7) is 0.579. The number of hydrogen-bond donors (Lipinski definition) is 3. The minimum absolute atomic E-state index is 0.164. The molecule has 0 saturated heterocycles. The van der Waals surface area contributed by atoms with Crippen LogP contribution < -0.4 is 16.1 Å². The Kier molecular flexibility index (Phi) is 6.65. The topological polar surface area (TPSA) is 125 Å². The first-order valence-electron chi connectivity index (χ1n) is 11.8. The lowest BCUT2D eigenvalue weighted by atomic mass is 10.00. The fraction of sp³-hybridized carbons (Fsp3) is 0.231. The van der Waals surface area contributed by atoms with Crippen molar-refractivity contribution in [2.45, 2.75) is 31.8 Å². The fourth-order valence-electron chi connectivity index (χ4n) is 4.07. The lowest BCUT2D eigenvalue weighted by Crippen LogP contribution is -2.28. The van der Waals surface area contributed by atoms with Gasteiger partial charge >= 0.3 is 0 Å². The van der Waals surface area contributed by atoms with Crippen LogP contribution in [0.25, 0.3) is 16.8 Å². The second-order valence-electron chi connectivity index (χ2n) is 8.61. The van der Waals surface area contributed by atoms with E-state index in [0.29, 0.717) is 29.6 Å². The number of benzene rings is 2. The molecule has 2 heterocycles. The molecule has 10 heteroatoms. The van der Waals surface area contributed by atoms with E-state index < -0.39 is 5.91 Å². The van der Waals surface area contributed by atoms with Gasteiger partial charge in [-0.15, -0.1) is 4.91 Å². The zero-order valence-electron chi connectivity index (χ0n) is 19.8. The first-order chi connectivity index (χ1) is 17.7. The molecule has 0 aliphatic heterocycles. The van der Waals surface area contributed by atoms with Gasteiger partial charge in [-0.1, -0.05) is 54.6 Å². The molecule has 0 radical (unpaired) electrons.